The molecule has 0 saturated carbocycles. The topological polar surface area (TPSA) is 85.9 Å². The van der Waals surface area contributed by atoms with Crippen molar-refractivity contribution in [3.05, 3.63) is 17.8 Å². The van der Waals surface area contributed by atoms with E-state index in [1.807, 2.05) is 0 Å². The van der Waals surface area contributed by atoms with E-state index in [1.54, 1.807) is 0 Å². The molecule has 0 bridgehead atoms. The summed E-state index contributed by atoms with van der Waals surface area (Å²) in [6.45, 7) is 0. The molecule has 82 valence electrons. The summed E-state index contributed by atoms with van der Waals surface area (Å²) in [5.41, 5.74) is -0.580. The van der Waals surface area contributed by atoms with Gasteiger partial charge in [-0.15, -0.1) is 0 Å². The largest absolute Gasteiger partial charge is 0.465 e. The van der Waals surface area contributed by atoms with Crippen molar-refractivity contribution in [1.82, 2.24) is 0 Å². The van der Waals surface area contributed by atoms with Crippen molar-refractivity contribution >= 4 is 28.4 Å². The molecule has 1 rings (SSSR count). The van der Waals surface area contributed by atoms with Crippen LogP contribution < -0.4 is 0 Å². The number of nitrogens with zero attached hydrogens (tertiary/aromatic N) is 1. The fourth-order valence-corrected chi connectivity index (χ4v) is 1.81. The van der Waals surface area contributed by atoms with Crippen LogP contribution in [0, 0.1) is 6.01 Å². The Bertz CT molecular complexity index is 506. The summed E-state index contributed by atoms with van der Waals surface area (Å²) in [4.78, 5) is 10.0. The zero-order valence-electron chi connectivity index (χ0n) is 7.26. The minimum Gasteiger partial charge on any atom is -0.465 e. The first-order valence-corrected chi connectivity index (χ1v) is 5.19. The highest BCUT2D eigenvalue weighted by molar-refractivity contribution is 7.93. The third kappa shape index (κ3) is 2.02. The van der Waals surface area contributed by atoms with Gasteiger partial charge in [0.2, 0.25) is 0 Å². The maximum absolute atomic E-state index is 12.9. The van der Waals surface area contributed by atoms with Crippen LogP contribution in [0.1, 0.15) is 10.4 Å². The van der Waals surface area contributed by atoms with E-state index in [1.165, 1.54) is 0 Å². The highest BCUT2D eigenvalue weighted by atomic mass is 32.2. The van der Waals surface area contributed by atoms with Gasteiger partial charge in [0, 0.05) is 0 Å². The fourth-order valence-electron chi connectivity index (χ4n) is 0.852. The Morgan fingerprint density at radius 2 is 2.27 bits per heavy atom. The van der Waals surface area contributed by atoms with Crippen molar-refractivity contribution in [2.24, 2.45) is 3.77 Å². The normalized spacial score (nSPS) is 11.1. The monoisotopic (exact) mass is 253 g/mol. The molecule has 0 atom stereocenters. The highest BCUT2D eigenvalue weighted by Crippen LogP contribution is 2.23. The van der Waals surface area contributed by atoms with Gasteiger partial charge in [-0.3, -0.25) is 0 Å². The first kappa shape index (κ1) is 11.7. The number of sulfonamides is 1. The SMILES string of the molecule is COC(=O)c1coc(F)c1S(=O)(=O)N=S. The summed E-state index contributed by atoms with van der Waals surface area (Å²) in [5.74, 6) is -1.06. The summed E-state index contributed by atoms with van der Waals surface area (Å²) in [6, 6.07) is -1.45. The van der Waals surface area contributed by atoms with Gasteiger partial charge in [-0.2, -0.15) is 12.8 Å². The molecule has 6 nitrogen and oxygen atoms in total. The molecule has 0 N–H and O–H groups in total. The number of esters is 1. The van der Waals surface area contributed by atoms with Crippen LogP contribution in [0.3, 0.4) is 0 Å². The van der Waals surface area contributed by atoms with Crippen LogP contribution in [0.2, 0.25) is 0 Å². The number of furan rings is 1. The summed E-state index contributed by atoms with van der Waals surface area (Å²) in [5, 5.41) is 0. The Labute approximate surface area is 89.2 Å². The van der Waals surface area contributed by atoms with E-state index >= 15 is 0 Å². The number of halogens is 1. The lowest BCUT2D eigenvalue weighted by Crippen LogP contribution is -2.07. The molecule has 0 aliphatic carbocycles. The van der Waals surface area contributed by atoms with E-state index in [0.29, 0.717) is 6.26 Å². The molecule has 0 spiro atoms. The van der Waals surface area contributed by atoms with Gasteiger partial charge < -0.3 is 9.15 Å². The number of carbonyl (C=O) groups excluding carboxylic acids is 1. The summed E-state index contributed by atoms with van der Waals surface area (Å²) >= 11 is 3.95. The predicted octanol–water partition coefficient (Wildman–Crippen LogP) is 0.625. The van der Waals surface area contributed by atoms with Crippen LogP contribution in [0.4, 0.5) is 4.39 Å². The quantitative estimate of drug-likeness (QED) is 0.734. The van der Waals surface area contributed by atoms with Gasteiger partial charge in [-0.1, -0.05) is 3.77 Å². The number of methoxy groups -OCH3 is 1. The Hall–Kier alpha value is -1.35. The first-order valence-electron chi connectivity index (χ1n) is 3.39. The van der Waals surface area contributed by atoms with E-state index in [4.69, 9.17) is 0 Å². The van der Waals surface area contributed by atoms with E-state index in [2.05, 4.69) is 25.3 Å². The Kier molecular flexibility index (Phi) is 3.15. The van der Waals surface area contributed by atoms with Crippen molar-refractivity contribution in [3.63, 3.8) is 0 Å². The number of ether oxygens (including phenoxy) is 1. The molecule has 15 heavy (non-hydrogen) atoms. The standard InChI is InChI=1S/C6H4FNO5S2/c1-12-6(9)3-2-13-5(7)4(3)15(10,11)8-14/h2H,1H3. The highest BCUT2D eigenvalue weighted by Gasteiger charge is 2.30. The number of rotatable bonds is 3. The zero-order valence-corrected chi connectivity index (χ0v) is 8.89. The molecule has 0 radical (unpaired) electrons. The molecule has 1 heterocycles. The van der Waals surface area contributed by atoms with Crippen molar-refractivity contribution in [2.75, 3.05) is 7.11 Å². The number of hydrogen-bond donors (Lipinski definition) is 0. The van der Waals surface area contributed by atoms with Crippen molar-refractivity contribution in [2.45, 2.75) is 4.90 Å². The van der Waals surface area contributed by atoms with Gasteiger partial charge in [0.15, 0.2) is 4.90 Å². The third-order valence-corrected chi connectivity index (χ3v) is 3.15. The second-order valence-electron chi connectivity index (χ2n) is 2.29. The lowest BCUT2D eigenvalue weighted by molar-refractivity contribution is 0.0596. The molecule has 1 aromatic heterocycles. The van der Waals surface area contributed by atoms with Crippen LogP contribution in [0.5, 0.6) is 0 Å². The molecule has 0 fully saturated rings. The second kappa shape index (κ2) is 4.03. The molecule has 1 aromatic rings. The van der Waals surface area contributed by atoms with Crippen LogP contribution in [0.15, 0.2) is 19.3 Å². The summed E-state index contributed by atoms with van der Waals surface area (Å²) in [7, 11) is -3.39. The van der Waals surface area contributed by atoms with Crippen molar-refractivity contribution < 1.29 is 26.8 Å². The van der Waals surface area contributed by atoms with E-state index in [9.17, 15) is 17.6 Å². The van der Waals surface area contributed by atoms with Gasteiger partial charge in [0.1, 0.15) is 11.8 Å². The Morgan fingerprint density at radius 1 is 1.67 bits per heavy atom. The minimum atomic E-state index is -4.40. The smallest absolute Gasteiger partial charge is 0.342 e. The molecular formula is C6H4FNO5S2. The van der Waals surface area contributed by atoms with Crippen LogP contribution in [0.25, 0.3) is 0 Å². The van der Waals surface area contributed by atoms with Gasteiger partial charge in [0.25, 0.3) is 16.0 Å². The van der Waals surface area contributed by atoms with Crippen LogP contribution >= 0.6 is 0 Å². The predicted molar refractivity (Wildman–Crippen MR) is 47.0 cm³/mol. The van der Waals surface area contributed by atoms with Gasteiger partial charge in [-0.05, 0) is 0 Å². The first-order chi connectivity index (χ1) is 6.94. The average Bonchev–Trinajstić information content (AvgIpc) is 2.59. The second-order valence-corrected chi connectivity index (χ2v) is 4.25. The Morgan fingerprint density at radius 3 is 2.73 bits per heavy atom. The number of carbonyl (C=O) groups is 1. The van der Waals surface area contributed by atoms with E-state index in [-0.39, 0.29) is 0 Å². The van der Waals surface area contributed by atoms with Crippen molar-refractivity contribution in [1.29, 1.82) is 0 Å². The average molecular weight is 253 g/mol. The van der Waals surface area contributed by atoms with Gasteiger partial charge >= 0.3 is 5.97 Å². The summed E-state index contributed by atoms with van der Waals surface area (Å²) in [6.07, 6.45) is 0.620. The lowest BCUT2D eigenvalue weighted by atomic mass is 10.3. The maximum atomic E-state index is 12.9. The summed E-state index contributed by atoms with van der Waals surface area (Å²) < 4.78 is 46.1. The minimum absolute atomic E-state index is 0.580. The molecule has 0 unspecified atom stereocenters. The zero-order chi connectivity index (χ0) is 11.6. The molecule has 0 amide bonds. The molecular weight excluding hydrogens is 249 g/mol. The van der Waals surface area contributed by atoms with E-state index in [0.717, 1.165) is 7.11 Å². The third-order valence-electron chi connectivity index (χ3n) is 1.46. The van der Waals surface area contributed by atoms with Crippen molar-refractivity contribution in [3.8, 4) is 0 Å². The van der Waals surface area contributed by atoms with Gasteiger partial charge in [0.05, 0.1) is 19.5 Å². The molecule has 0 aliphatic rings. The lowest BCUT2D eigenvalue weighted by Gasteiger charge is -1.97. The molecule has 0 aliphatic heterocycles. The Balaban J connectivity index is 3.47. The molecule has 9 heteroatoms. The van der Waals surface area contributed by atoms with Crippen LogP contribution in [-0.4, -0.2) is 21.5 Å². The fraction of sp³-hybridized carbons (Fsp3) is 0.167. The van der Waals surface area contributed by atoms with E-state index < -0.39 is 32.5 Å². The van der Waals surface area contributed by atoms with Crippen LogP contribution in [-0.2, 0) is 27.2 Å². The van der Waals surface area contributed by atoms with Gasteiger partial charge in [-0.25, -0.2) is 4.79 Å². The molecule has 0 aromatic carbocycles. The maximum Gasteiger partial charge on any atom is 0.342 e. The molecule has 0 saturated heterocycles. The number of hydrogen-bond acceptors (Lipinski definition) is 6.